The van der Waals surface area contributed by atoms with Crippen molar-refractivity contribution in [1.82, 2.24) is 14.5 Å². The number of likely N-dealkylation sites (tertiary alicyclic amines) is 1. The molecular formula is C24H29N3O. The van der Waals surface area contributed by atoms with E-state index in [9.17, 15) is 4.79 Å². The van der Waals surface area contributed by atoms with Gasteiger partial charge in [-0.3, -0.25) is 4.79 Å². The molecule has 0 aliphatic carbocycles. The Bertz CT molecular complexity index is 923. The summed E-state index contributed by atoms with van der Waals surface area (Å²) in [6.07, 6.45) is 4.73. The topological polar surface area (TPSA) is 38.1 Å². The summed E-state index contributed by atoms with van der Waals surface area (Å²) < 4.78 is 2.34. The van der Waals surface area contributed by atoms with Crippen LogP contribution in [0.3, 0.4) is 0 Å². The van der Waals surface area contributed by atoms with Crippen molar-refractivity contribution in [2.45, 2.75) is 45.6 Å². The molecule has 0 radical (unpaired) electrons. The van der Waals surface area contributed by atoms with E-state index < -0.39 is 0 Å². The van der Waals surface area contributed by atoms with Crippen LogP contribution in [0.5, 0.6) is 0 Å². The first-order valence-corrected chi connectivity index (χ1v) is 10.4. The van der Waals surface area contributed by atoms with E-state index in [1.54, 1.807) is 0 Å². The number of aryl methyl sites for hydroxylation is 2. The fourth-order valence-corrected chi connectivity index (χ4v) is 4.30. The molecule has 3 aromatic rings. The van der Waals surface area contributed by atoms with Crippen LogP contribution in [0.1, 0.15) is 37.1 Å². The minimum absolute atomic E-state index is 0.318. The van der Waals surface area contributed by atoms with E-state index in [1.165, 1.54) is 11.1 Å². The number of nitrogens with zero attached hydrogens (tertiary/aromatic N) is 3. The average molecular weight is 376 g/mol. The summed E-state index contributed by atoms with van der Waals surface area (Å²) >= 11 is 0. The summed E-state index contributed by atoms with van der Waals surface area (Å²) in [5.41, 5.74) is 3.61. The van der Waals surface area contributed by atoms with Gasteiger partial charge in [0.15, 0.2) is 0 Å². The van der Waals surface area contributed by atoms with E-state index >= 15 is 0 Å². The molecule has 146 valence electrons. The van der Waals surface area contributed by atoms with Crippen LogP contribution in [0.4, 0.5) is 0 Å². The van der Waals surface area contributed by atoms with Crippen molar-refractivity contribution in [3.8, 4) is 0 Å². The Balaban J connectivity index is 1.26. The van der Waals surface area contributed by atoms with Gasteiger partial charge in [-0.05, 0) is 56.2 Å². The fourth-order valence-electron chi connectivity index (χ4n) is 4.30. The Morgan fingerprint density at radius 3 is 2.54 bits per heavy atom. The van der Waals surface area contributed by atoms with Gasteiger partial charge in [0.2, 0.25) is 5.91 Å². The van der Waals surface area contributed by atoms with Crippen LogP contribution >= 0.6 is 0 Å². The fraction of sp³-hybridized carbons (Fsp3) is 0.417. The second-order valence-electron chi connectivity index (χ2n) is 7.92. The number of aromatic nitrogens is 2. The van der Waals surface area contributed by atoms with Crippen LogP contribution < -0.4 is 0 Å². The zero-order chi connectivity index (χ0) is 19.3. The normalized spacial score (nSPS) is 15.2. The molecule has 1 aliphatic heterocycles. The lowest BCUT2D eigenvalue weighted by Crippen LogP contribution is -2.39. The van der Waals surface area contributed by atoms with Gasteiger partial charge in [0.25, 0.3) is 0 Å². The predicted octanol–water partition coefficient (Wildman–Crippen LogP) is 4.61. The van der Waals surface area contributed by atoms with E-state index in [1.807, 2.05) is 12.1 Å². The third-order valence-electron chi connectivity index (χ3n) is 5.95. The van der Waals surface area contributed by atoms with Crippen molar-refractivity contribution < 1.29 is 4.79 Å². The largest absolute Gasteiger partial charge is 0.343 e. The number of carbonyl (C=O) groups is 1. The van der Waals surface area contributed by atoms with E-state index in [0.717, 1.165) is 56.7 Å². The number of para-hydroxylation sites is 2. The number of carbonyl (C=O) groups excluding carboxylic acids is 1. The van der Waals surface area contributed by atoms with Crippen LogP contribution in [-0.4, -0.2) is 33.4 Å². The summed E-state index contributed by atoms with van der Waals surface area (Å²) in [4.78, 5) is 19.3. The lowest BCUT2D eigenvalue weighted by atomic mass is 9.96. The number of hydrogen-bond acceptors (Lipinski definition) is 2. The zero-order valence-corrected chi connectivity index (χ0v) is 16.7. The van der Waals surface area contributed by atoms with E-state index in [-0.39, 0.29) is 0 Å². The van der Waals surface area contributed by atoms with Crippen LogP contribution in [0.15, 0.2) is 54.6 Å². The highest BCUT2D eigenvalue weighted by Gasteiger charge is 2.23. The molecule has 0 atom stereocenters. The number of amides is 1. The molecule has 0 spiro atoms. The second kappa shape index (κ2) is 8.59. The molecular weight excluding hydrogens is 346 g/mol. The van der Waals surface area contributed by atoms with Gasteiger partial charge in [0.05, 0.1) is 11.0 Å². The lowest BCUT2D eigenvalue weighted by molar-refractivity contribution is -0.132. The molecule has 1 fully saturated rings. The lowest BCUT2D eigenvalue weighted by Gasteiger charge is -2.32. The van der Waals surface area contributed by atoms with Gasteiger partial charge in [0, 0.05) is 26.1 Å². The minimum Gasteiger partial charge on any atom is -0.343 e. The standard InChI is InChI=1S/C24H29N3O/c1-19-25-22-11-5-6-12-23(22)27(19)18-21-14-16-26(17-15-21)24(28)13-7-10-20-8-3-2-4-9-20/h2-6,8-9,11-12,21H,7,10,13-18H2,1H3. The van der Waals surface area contributed by atoms with Gasteiger partial charge in [0.1, 0.15) is 5.82 Å². The molecule has 28 heavy (non-hydrogen) atoms. The molecule has 0 unspecified atom stereocenters. The van der Waals surface area contributed by atoms with E-state index in [4.69, 9.17) is 0 Å². The highest BCUT2D eigenvalue weighted by atomic mass is 16.2. The van der Waals surface area contributed by atoms with Gasteiger partial charge in [-0.2, -0.15) is 0 Å². The first kappa shape index (κ1) is 18.7. The van der Waals surface area contributed by atoms with Gasteiger partial charge >= 0.3 is 0 Å². The van der Waals surface area contributed by atoms with Crippen LogP contribution in [0, 0.1) is 12.8 Å². The monoisotopic (exact) mass is 375 g/mol. The molecule has 1 amide bonds. The van der Waals surface area contributed by atoms with Crippen molar-refractivity contribution in [2.75, 3.05) is 13.1 Å². The third kappa shape index (κ3) is 4.27. The Kier molecular flexibility index (Phi) is 5.75. The number of fused-ring (bicyclic) bond motifs is 1. The summed E-state index contributed by atoms with van der Waals surface area (Å²) in [6, 6.07) is 18.8. The summed E-state index contributed by atoms with van der Waals surface area (Å²) in [6.45, 7) is 4.87. The van der Waals surface area contributed by atoms with Crippen molar-refractivity contribution in [1.29, 1.82) is 0 Å². The third-order valence-corrected chi connectivity index (χ3v) is 5.95. The predicted molar refractivity (Wildman–Crippen MR) is 113 cm³/mol. The van der Waals surface area contributed by atoms with Crippen molar-refractivity contribution in [2.24, 2.45) is 5.92 Å². The number of benzene rings is 2. The highest BCUT2D eigenvalue weighted by Crippen LogP contribution is 2.24. The molecule has 0 bridgehead atoms. The maximum Gasteiger partial charge on any atom is 0.222 e. The Hall–Kier alpha value is -2.62. The van der Waals surface area contributed by atoms with Crippen molar-refractivity contribution >= 4 is 16.9 Å². The number of hydrogen-bond donors (Lipinski definition) is 0. The molecule has 4 heteroatoms. The number of rotatable bonds is 6. The number of piperidine rings is 1. The van der Waals surface area contributed by atoms with Crippen molar-refractivity contribution in [3.63, 3.8) is 0 Å². The quantitative estimate of drug-likeness (QED) is 0.631. The van der Waals surface area contributed by atoms with Crippen LogP contribution in [-0.2, 0) is 17.8 Å². The summed E-state index contributed by atoms with van der Waals surface area (Å²) in [7, 11) is 0. The molecule has 0 N–H and O–H groups in total. The van der Waals surface area contributed by atoms with Crippen molar-refractivity contribution in [3.05, 3.63) is 66.0 Å². The van der Waals surface area contributed by atoms with Gasteiger partial charge < -0.3 is 9.47 Å². The molecule has 1 aliphatic rings. The van der Waals surface area contributed by atoms with Crippen LogP contribution in [0.25, 0.3) is 11.0 Å². The Morgan fingerprint density at radius 1 is 1.04 bits per heavy atom. The molecule has 0 saturated carbocycles. The highest BCUT2D eigenvalue weighted by molar-refractivity contribution is 5.76. The Morgan fingerprint density at radius 2 is 1.75 bits per heavy atom. The molecule has 1 aromatic heterocycles. The van der Waals surface area contributed by atoms with Crippen LogP contribution in [0.2, 0.25) is 0 Å². The minimum atomic E-state index is 0.318. The molecule has 2 heterocycles. The Labute approximate surface area is 167 Å². The van der Waals surface area contributed by atoms with Gasteiger partial charge in [-0.1, -0.05) is 42.5 Å². The van der Waals surface area contributed by atoms with Gasteiger partial charge in [-0.25, -0.2) is 4.98 Å². The summed E-state index contributed by atoms with van der Waals surface area (Å²) in [5, 5.41) is 0. The van der Waals surface area contributed by atoms with E-state index in [2.05, 4.69) is 63.8 Å². The summed E-state index contributed by atoms with van der Waals surface area (Å²) in [5.74, 6) is 2.02. The second-order valence-corrected chi connectivity index (χ2v) is 7.92. The first-order valence-electron chi connectivity index (χ1n) is 10.4. The smallest absolute Gasteiger partial charge is 0.222 e. The van der Waals surface area contributed by atoms with E-state index in [0.29, 0.717) is 18.2 Å². The average Bonchev–Trinajstić information content (AvgIpc) is 3.04. The maximum atomic E-state index is 12.6. The maximum absolute atomic E-state index is 12.6. The molecule has 4 nitrogen and oxygen atoms in total. The van der Waals surface area contributed by atoms with Gasteiger partial charge in [-0.15, -0.1) is 0 Å². The SMILES string of the molecule is Cc1nc2ccccc2n1CC1CCN(C(=O)CCCc2ccccc2)CC1. The first-order chi connectivity index (χ1) is 13.7. The molecule has 2 aromatic carbocycles. The zero-order valence-electron chi connectivity index (χ0n) is 16.7. The molecule has 1 saturated heterocycles. The number of imidazole rings is 1. The molecule has 4 rings (SSSR count).